The van der Waals surface area contributed by atoms with Gasteiger partial charge in [-0.05, 0) is 6.42 Å². The van der Waals surface area contributed by atoms with Crippen molar-refractivity contribution in [2.45, 2.75) is 31.6 Å². The smallest absolute Gasteiger partial charge is 0.329 e. The highest BCUT2D eigenvalue weighted by Gasteiger charge is 2.41. The maximum absolute atomic E-state index is 11.0. The maximum Gasteiger partial charge on any atom is 0.329 e. The van der Waals surface area contributed by atoms with Crippen molar-refractivity contribution in [1.29, 1.82) is 0 Å². The van der Waals surface area contributed by atoms with Crippen LogP contribution in [0.2, 0.25) is 0 Å². The third-order valence-corrected chi connectivity index (χ3v) is 2.38. The summed E-state index contributed by atoms with van der Waals surface area (Å²) < 4.78 is 0. The van der Waals surface area contributed by atoms with E-state index in [4.69, 9.17) is 5.11 Å². The molecule has 0 aliphatic carbocycles. The number of carboxylic acid groups (broad SMARTS) is 1. The number of likely N-dealkylation sites (tertiary alicyclic amines) is 1. The number of aliphatic hydroxyl groups excluding tert-OH is 2. The Balaban J connectivity index is 2.87. The van der Waals surface area contributed by atoms with Gasteiger partial charge in [0.2, 0.25) is 5.91 Å². The molecule has 1 rings (SSSR count). The summed E-state index contributed by atoms with van der Waals surface area (Å²) in [6, 6.07) is -1.34. The van der Waals surface area contributed by atoms with Crippen molar-refractivity contribution in [2.24, 2.45) is 0 Å². The van der Waals surface area contributed by atoms with Gasteiger partial charge < -0.3 is 20.2 Å². The molecule has 0 bridgehead atoms. The van der Waals surface area contributed by atoms with Crippen molar-refractivity contribution >= 4 is 11.9 Å². The Morgan fingerprint density at radius 2 is 1.93 bits per heavy atom. The summed E-state index contributed by atoms with van der Waals surface area (Å²) in [5, 5.41) is 27.4. The van der Waals surface area contributed by atoms with Crippen LogP contribution in [-0.2, 0) is 9.59 Å². The number of carbonyl (C=O) groups excluding carboxylic acids is 1. The summed E-state index contributed by atoms with van der Waals surface area (Å²) in [5.74, 6) is -1.71. The molecule has 0 aromatic heterocycles. The highest BCUT2D eigenvalue weighted by atomic mass is 16.4. The monoisotopic (exact) mass is 203 g/mol. The average Bonchev–Trinajstić information content (AvgIpc) is 2.08. The zero-order valence-electron chi connectivity index (χ0n) is 7.75. The molecule has 0 saturated carbocycles. The predicted octanol–water partition coefficient (Wildman–Crippen LogP) is -1.59. The van der Waals surface area contributed by atoms with Crippen LogP contribution in [-0.4, -0.2) is 56.9 Å². The molecule has 3 atom stereocenters. The minimum atomic E-state index is -1.41. The SMILES string of the molecule is CC(=O)N1CC[C@@H](O)[C@@H](O)[C@H]1C(=O)O. The second-order valence-electron chi connectivity index (χ2n) is 3.34. The molecule has 0 aromatic carbocycles. The van der Waals surface area contributed by atoms with Gasteiger partial charge in [0.1, 0.15) is 6.10 Å². The summed E-state index contributed by atoms with van der Waals surface area (Å²) in [6.07, 6.45) is -2.29. The Kier molecular flexibility index (Phi) is 3.07. The van der Waals surface area contributed by atoms with Crippen LogP contribution in [0.1, 0.15) is 13.3 Å². The molecule has 1 saturated heterocycles. The topological polar surface area (TPSA) is 98.1 Å². The molecule has 0 radical (unpaired) electrons. The minimum Gasteiger partial charge on any atom is -0.480 e. The van der Waals surface area contributed by atoms with E-state index in [-0.39, 0.29) is 13.0 Å². The van der Waals surface area contributed by atoms with Crippen molar-refractivity contribution < 1.29 is 24.9 Å². The first-order valence-corrected chi connectivity index (χ1v) is 4.31. The Morgan fingerprint density at radius 1 is 1.36 bits per heavy atom. The normalized spacial score (nSPS) is 32.8. The minimum absolute atomic E-state index is 0.157. The van der Waals surface area contributed by atoms with E-state index in [9.17, 15) is 19.8 Å². The number of hydrogen-bond acceptors (Lipinski definition) is 4. The van der Waals surface area contributed by atoms with E-state index in [1.54, 1.807) is 0 Å². The van der Waals surface area contributed by atoms with Gasteiger partial charge in [-0.15, -0.1) is 0 Å². The lowest BCUT2D eigenvalue weighted by Gasteiger charge is -2.38. The molecule has 6 nitrogen and oxygen atoms in total. The van der Waals surface area contributed by atoms with E-state index >= 15 is 0 Å². The number of nitrogens with zero attached hydrogens (tertiary/aromatic N) is 1. The van der Waals surface area contributed by atoms with E-state index in [0.717, 1.165) is 4.90 Å². The van der Waals surface area contributed by atoms with Crippen molar-refractivity contribution in [1.82, 2.24) is 4.90 Å². The first kappa shape index (κ1) is 10.9. The average molecular weight is 203 g/mol. The van der Waals surface area contributed by atoms with Crippen LogP contribution in [0, 0.1) is 0 Å². The summed E-state index contributed by atoms with van der Waals surface area (Å²) in [5.41, 5.74) is 0. The maximum atomic E-state index is 11.0. The summed E-state index contributed by atoms with van der Waals surface area (Å²) in [6.45, 7) is 1.39. The van der Waals surface area contributed by atoms with Crippen LogP contribution in [0.25, 0.3) is 0 Å². The highest BCUT2D eigenvalue weighted by Crippen LogP contribution is 2.18. The third kappa shape index (κ3) is 1.85. The van der Waals surface area contributed by atoms with Gasteiger partial charge in [-0.1, -0.05) is 0 Å². The number of aliphatic hydroxyl groups is 2. The number of carbonyl (C=O) groups is 2. The molecule has 0 spiro atoms. The van der Waals surface area contributed by atoms with Crippen LogP contribution in [0.5, 0.6) is 0 Å². The van der Waals surface area contributed by atoms with Gasteiger partial charge in [-0.2, -0.15) is 0 Å². The van der Waals surface area contributed by atoms with E-state index in [0.29, 0.717) is 0 Å². The Morgan fingerprint density at radius 3 is 2.36 bits per heavy atom. The Bertz CT molecular complexity index is 254. The molecule has 14 heavy (non-hydrogen) atoms. The largest absolute Gasteiger partial charge is 0.480 e. The lowest BCUT2D eigenvalue weighted by atomic mass is 9.96. The Labute approximate surface area is 80.8 Å². The molecular formula is C8H13NO5. The number of piperidine rings is 1. The van der Waals surface area contributed by atoms with Gasteiger partial charge in [-0.25, -0.2) is 4.79 Å². The molecule has 1 fully saturated rings. The van der Waals surface area contributed by atoms with Crippen molar-refractivity contribution in [3.63, 3.8) is 0 Å². The summed E-state index contributed by atoms with van der Waals surface area (Å²) in [4.78, 5) is 22.9. The van der Waals surface area contributed by atoms with Crippen molar-refractivity contribution in [3.8, 4) is 0 Å². The van der Waals surface area contributed by atoms with Gasteiger partial charge in [0.25, 0.3) is 0 Å². The van der Waals surface area contributed by atoms with Crippen LogP contribution in [0.15, 0.2) is 0 Å². The van der Waals surface area contributed by atoms with Crippen LogP contribution in [0.3, 0.4) is 0 Å². The van der Waals surface area contributed by atoms with Gasteiger partial charge in [0.05, 0.1) is 6.10 Å². The highest BCUT2D eigenvalue weighted by molar-refractivity contribution is 5.83. The molecule has 1 amide bonds. The molecule has 6 heteroatoms. The molecule has 1 heterocycles. The predicted molar refractivity (Wildman–Crippen MR) is 45.4 cm³/mol. The fourth-order valence-corrected chi connectivity index (χ4v) is 1.61. The second kappa shape index (κ2) is 3.93. The van der Waals surface area contributed by atoms with Crippen LogP contribution < -0.4 is 0 Å². The van der Waals surface area contributed by atoms with E-state index in [2.05, 4.69) is 0 Å². The fourth-order valence-electron chi connectivity index (χ4n) is 1.61. The second-order valence-corrected chi connectivity index (χ2v) is 3.34. The molecule has 1 aliphatic heterocycles. The molecule has 80 valence electrons. The number of amides is 1. The van der Waals surface area contributed by atoms with Gasteiger partial charge in [0, 0.05) is 13.5 Å². The third-order valence-electron chi connectivity index (χ3n) is 2.38. The van der Waals surface area contributed by atoms with E-state index in [1.807, 2.05) is 0 Å². The molecule has 0 unspecified atom stereocenters. The quantitative estimate of drug-likeness (QED) is 0.477. The number of rotatable bonds is 1. The summed E-state index contributed by atoms with van der Waals surface area (Å²) in [7, 11) is 0. The van der Waals surface area contributed by atoms with Gasteiger partial charge >= 0.3 is 5.97 Å². The molecular weight excluding hydrogens is 190 g/mol. The lowest BCUT2D eigenvalue weighted by Crippen LogP contribution is -2.59. The standard InChI is InChI=1S/C8H13NO5/c1-4(10)9-3-2-5(11)7(12)6(9)8(13)14/h5-7,11-12H,2-3H2,1H3,(H,13,14)/t5-,6+,7-/m1/s1. The first-order valence-electron chi connectivity index (χ1n) is 4.31. The van der Waals surface area contributed by atoms with E-state index < -0.39 is 30.1 Å². The lowest BCUT2D eigenvalue weighted by molar-refractivity contribution is -0.164. The zero-order valence-corrected chi connectivity index (χ0v) is 7.75. The van der Waals surface area contributed by atoms with Gasteiger partial charge in [0.15, 0.2) is 6.04 Å². The van der Waals surface area contributed by atoms with Crippen molar-refractivity contribution in [3.05, 3.63) is 0 Å². The number of carboxylic acids is 1. The van der Waals surface area contributed by atoms with E-state index in [1.165, 1.54) is 6.92 Å². The fraction of sp³-hybridized carbons (Fsp3) is 0.750. The number of aliphatic carboxylic acids is 1. The van der Waals surface area contributed by atoms with Crippen molar-refractivity contribution in [2.75, 3.05) is 6.54 Å². The first-order chi connectivity index (χ1) is 6.45. The molecule has 3 N–H and O–H groups in total. The zero-order chi connectivity index (χ0) is 10.9. The Hall–Kier alpha value is -1.14. The molecule has 1 aliphatic rings. The van der Waals surface area contributed by atoms with Gasteiger partial charge in [-0.3, -0.25) is 4.79 Å². The van der Waals surface area contributed by atoms with Crippen LogP contribution >= 0.6 is 0 Å². The summed E-state index contributed by atoms with van der Waals surface area (Å²) >= 11 is 0. The van der Waals surface area contributed by atoms with Crippen LogP contribution in [0.4, 0.5) is 0 Å². The number of hydrogen-bond donors (Lipinski definition) is 3. The molecule has 0 aromatic rings.